The summed E-state index contributed by atoms with van der Waals surface area (Å²) in [5, 5.41) is 22.0. The molecule has 2 aromatic carbocycles. The number of halogens is 1. The predicted molar refractivity (Wildman–Crippen MR) is 139 cm³/mol. The van der Waals surface area contributed by atoms with Crippen molar-refractivity contribution in [1.29, 1.82) is 0 Å². The third kappa shape index (κ3) is 6.73. The number of fused-ring (bicyclic) bond motifs is 1. The zero-order valence-corrected chi connectivity index (χ0v) is 21.1. The maximum Gasteiger partial charge on any atom is 0.136 e. The molecule has 1 aliphatic heterocycles. The molecule has 0 aliphatic carbocycles. The SMILES string of the molecule is COc1ccc2nccc([C@@H](O)CC[C@@H]3CCN(CCCSc4ccccc4F)C[C@@H]3CO)c2c1. The van der Waals surface area contributed by atoms with Gasteiger partial charge in [0.25, 0.3) is 0 Å². The number of nitrogens with zero attached hydrogens (tertiary/aromatic N) is 2. The molecule has 35 heavy (non-hydrogen) atoms. The Labute approximate surface area is 211 Å². The zero-order chi connectivity index (χ0) is 24.6. The second-order valence-electron chi connectivity index (χ2n) is 9.30. The summed E-state index contributed by atoms with van der Waals surface area (Å²) in [6, 6.07) is 14.5. The van der Waals surface area contributed by atoms with Crippen LogP contribution in [0.1, 0.15) is 37.4 Å². The Balaban J connectivity index is 1.26. The van der Waals surface area contributed by atoms with Crippen molar-refractivity contribution in [2.75, 3.05) is 39.1 Å². The van der Waals surface area contributed by atoms with Gasteiger partial charge < -0.3 is 19.8 Å². The molecule has 2 heterocycles. The summed E-state index contributed by atoms with van der Waals surface area (Å²) in [5.41, 5.74) is 1.72. The van der Waals surface area contributed by atoms with Crippen molar-refractivity contribution in [3.8, 4) is 5.75 Å². The van der Waals surface area contributed by atoms with Crippen LogP contribution in [0.5, 0.6) is 5.75 Å². The second-order valence-corrected chi connectivity index (χ2v) is 10.4. The lowest BCUT2D eigenvalue weighted by Crippen LogP contribution is -2.42. The van der Waals surface area contributed by atoms with Crippen LogP contribution in [0.3, 0.4) is 0 Å². The van der Waals surface area contributed by atoms with Gasteiger partial charge in [-0.3, -0.25) is 4.98 Å². The summed E-state index contributed by atoms with van der Waals surface area (Å²) in [6.45, 7) is 2.99. The third-order valence-corrected chi connectivity index (χ3v) is 8.21. The Hall–Kier alpha value is -2.19. The second kappa shape index (κ2) is 12.7. The van der Waals surface area contributed by atoms with E-state index in [0.717, 1.165) is 66.9 Å². The molecular weight excluding hydrogens is 463 g/mol. The molecule has 1 fully saturated rings. The molecule has 0 bridgehead atoms. The number of aliphatic hydroxyl groups is 2. The van der Waals surface area contributed by atoms with Crippen LogP contribution >= 0.6 is 11.8 Å². The normalized spacial score (nSPS) is 19.7. The molecule has 1 saturated heterocycles. The van der Waals surface area contributed by atoms with Crippen LogP contribution in [-0.2, 0) is 0 Å². The van der Waals surface area contributed by atoms with Gasteiger partial charge in [-0.05, 0) is 98.3 Å². The summed E-state index contributed by atoms with van der Waals surface area (Å²) in [5.74, 6) is 2.08. The average molecular weight is 499 g/mol. The molecule has 1 aliphatic rings. The van der Waals surface area contributed by atoms with Crippen molar-refractivity contribution >= 4 is 22.7 Å². The fourth-order valence-corrected chi connectivity index (χ4v) is 5.94. The van der Waals surface area contributed by atoms with E-state index < -0.39 is 6.10 Å². The lowest BCUT2D eigenvalue weighted by molar-refractivity contribution is 0.0581. The summed E-state index contributed by atoms with van der Waals surface area (Å²) in [4.78, 5) is 7.53. The first-order valence-corrected chi connectivity index (χ1v) is 13.4. The number of aliphatic hydroxyl groups excluding tert-OH is 2. The Morgan fingerprint density at radius 1 is 1.20 bits per heavy atom. The molecule has 0 amide bonds. The van der Waals surface area contributed by atoms with Crippen molar-refractivity contribution in [2.24, 2.45) is 11.8 Å². The number of hydrogen-bond acceptors (Lipinski definition) is 6. The molecule has 2 N–H and O–H groups in total. The van der Waals surface area contributed by atoms with Gasteiger partial charge in [0.05, 0.1) is 18.7 Å². The Morgan fingerprint density at radius 3 is 2.86 bits per heavy atom. The van der Waals surface area contributed by atoms with Crippen molar-refractivity contribution < 1.29 is 19.3 Å². The van der Waals surface area contributed by atoms with Gasteiger partial charge in [0, 0.05) is 29.6 Å². The van der Waals surface area contributed by atoms with E-state index in [-0.39, 0.29) is 18.3 Å². The Kier molecular flexibility index (Phi) is 9.38. The van der Waals surface area contributed by atoms with Crippen LogP contribution in [0.4, 0.5) is 4.39 Å². The van der Waals surface area contributed by atoms with Gasteiger partial charge in [0.15, 0.2) is 0 Å². The van der Waals surface area contributed by atoms with E-state index in [4.69, 9.17) is 4.74 Å². The molecule has 0 saturated carbocycles. The van der Waals surface area contributed by atoms with Crippen LogP contribution in [0.15, 0.2) is 59.6 Å². The molecule has 0 spiro atoms. The first-order chi connectivity index (χ1) is 17.1. The van der Waals surface area contributed by atoms with Gasteiger partial charge >= 0.3 is 0 Å². The van der Waals surface area contributed by atoms with E-state index >= 15 is 0 Å². The first-order valence-electron chi connectivity index (χ1n) is 12.4. The molecule has 1 aromatic heterocycles. The maximum absolute atomic E-state index is 13.8. The lowest BCUT2D eigenvalue weighted by atomic mass is 9.81. The van der Waals surface area contributed by atoms with Crippen LogP contribution in [0.2, 0.25) is 0 Å². The number of likely N-dealkylation sites (tertiary alicyclic amines) is 1. The molecule has 7 heteroatoms. The first kappa shape index (κ1) is 25.9. The Bertz CT molecular complexity index is 1100. The standard InChI is InChI=1S/C28H35FN2O3S/c1-34-22-8-9-26-24(17-22)23(11-13-30-26)27(33)10-7-20-12-15-31(18-21(20)19-32)14-4-16-35-28-6-3-2-5-25(28)29/h2-3,5-6,8-9,11,13,17,20-21,27,32-33H,4,7,10,12,14-16,18-19H2,1H3/t20-,21-,27+/m1/s1. The monoisotopic (exact) mass is 498 g/mol. The molecule has 5 nitrogen and oxygen atoms in total. The number of hydrogen-bond donors (Lipinski definition) is 2. The summed E-state index contributed by atoms with van der Waals surface area (Å²) >= 11 is 1.56. The van der Waals surface area contributed by atoms with E-state index in [9.17, 15) is 14.6 Å². The van der Waals surface area contributed by atoms with E-state index in [1.54, 1.807) is 31.1 Å². The highest BCUT2D eigenvalue weighted by Gasteiger charge is 2.29. The molecule has 3 aromatic rings. The number of pyridine rings is 1. The smallest absolute Gasteiger partial charge is 0.136 e. The fourth-order valence-electron chi connectivity index (χ4n) is 5.07. The number of thioether (sulfide) groups is 1. The number of ether oxygens (including phenoxy) is 1. The van der Waals surface area contributed by atoms with Crippen molar-refractivity contribution in [3.63, 3.8) is 0 Å². The third-order valence-electron chi connectivity index (χ3n) is 7.08. The minimum atomic E-state index is -0.583. The summed E-state index contributed by atoms with van der Waals surface area (Å²) in [6.07, 6.45) is 4.68. The van der Waals surface area contributed by atoms with Crippen molar-refractivity contribution in [2.45, 2.75) is 36.7 Å². The maximum atomic E-state index is 13.8. The highest BCUT2D eigenvalue weighted by Crippen LogP contribution is 2.33. The van der Waals surface area contributed by atoms with Gasteiger partial charge in [0.2, 0.25) is 0 Å². The van der Waals surface area contributed by atoms with Crippen LogP contribution in [-0.4, -0.2) is 59.2 Å². The van der Waals surface area contributed by atoms with Crippen molar-refractivity contribution in [3.05, 3.63) is 66.1 Å². The minimum absolute atomic E-state index is 0.153. The molecule has 0 radical (unpaired) electrons. The average Bonchev–Trinajstić information content (AvgIpc) is 2.90. The van der Waals surface area contributed by atoms with Crippen LogP contribution in [0, 0.1) is 17.7 Å². The van der Waals surface area contributed by atoms with Crippen LogP contribution in [0.25, 0.3) is 10.9 Å². The molecule has 0 unspecified atom stereocenters. The number of rotatable bonds is 11. The van der Waals surface area contributed by atoms with Gasteiger partial charge in [0.1, 0.15) is 11.6 Å². The number of aromatic nitrogens is 1. The predicted octanol–water partition coefficient (Wildman–Crippen LogP) is 5.31. The van der Waals surface area contributed by atoms with Gasteiger partial charge in [-0.2, -0.15) is 0 Å². The molecule has 188 valence electrons. The zero-order valence-electron chi connectivity index (χ0n) is 20.3. The summed E-state index contributed by atoms with van der Waals surface area (Å²) < 4.78 is 19.1. The number of benzene rings is 2. The van der Waals surface area contributed by atoms with E-state index in [0.29, 0.717) is 17.2 Å². The highest BCUT2D eigenvalue weighted by molar-refractivity contribution is 7.99. The van der Waals surface area contributed by atoms with Gasteiger partial charge in [-0.25, -0.2) is 4.39 Å². The molecule has 3 atom stereocenters. The van der Waals surface area contributed by atoms with Crippen LogP contribution < -0.4 is 4.74 Å². The molecular formula is C28H35FN2O3S. The van der Waals surface area contributed by atoms with Gasteiger partial charge in [-0.1, -0.05) is 12.1 Å². The number of piperidine rings is 1. The summed E-state index contributed by atoms with van der Waals surface area (Å²) in [7, 11) is 1.64. The molecule has 4 rings (SSSR count). The number of methoxy groups -OCH3 is 1. The Morgan fingerprint density at radius 2 is 2.06 bits per heavy atom. The topological polar surface area (TPSA) is 65.8 Å². The quantitative estimate of drug-likeness (QED) is 0.276. The van der Waals surface area contributed by atoms with Gasteiger partial charge in [-0.15, -0.1) is 11.8 Å². The largest absolute Gasteiger partial charge is 0.497 e. The lowest BCUT2D eigenvalue weighted by Gasteiger charge is -2.38. The highest BCUT2D eigenvalue weighted by atomic mass is 32.2. The van der Waals surface area contributed by atoms with E-state index in [1.165, 1.54) is 6.07 Å². The van der Waals surface area contributed by atoms with Crippen molar-refractivity contribution in [1.82, 2.24) is 9.88 Å². The fraction of sp³-hybridized carbons (Fsp3) is 0.464. The minimum Gasteiger partial charge on any atom is -0.497 e. The van der Waals surface area contributed by atoms with E-state index in [2.05, 4.69) is 9.88 Å². The van der Waals surface area contributed by atoms with E-state index in [1.807, 2.05) is 36.4 Å².